The Hall–Kier alpha value is -0.860. The van der Waals surface area contributed by atoms with Crippen molar-refractivity contribution >= 4 is 0 Å². The molecule has 0 bridgehead atoms. The topological polar surface area (TPSA) is 21.3 Å². The van der Waals surface area contributed by atoms with E-state index in [1.54, 1.807) is 7.11 Å². The van der Waals surface area contributed by atoms with Gasteiger partial charge in [-0.1, -0.05) is 24.3 Å². The highest BCUT2D eigenvalue weighted by atomic mass is 16.5. The van der Waals surface area contributed by atoms with Crippen LogP contribution in [0.3, 0.4) is 0 Å². The zero-order valence-corrected chi connectivity index (χ0v) is 11.1. The highest BCUT2D eigenvalue weighted by molar-refractivity contribution is 5.30. The van der Waals surface area contributed by atoms with Crippen LogP contribution in [0, 0.1) is 0 Å². The molecule has 0 saturated carbocycles. The lowest BCUT2D eigenvalue weighted by Crippen LogP contribution is -2.33. The van der Waals surface area contributed by atoms with Crippen LogP contribution in [-0.2, 0) is 16.7 Å². The maximum atomic E-state index is 5.33. The summed E-state index contributed by atoms with van der Waals surface area (Å²) in [4.78, 5) is 0. The molecule has 1 N–H and O–H groups in total. The number of benzene rings is 1. The molecule has 94 valence electrons. The van der Waals surface area contributed by atoms with Crippen LogP contribution >= 0.6 is 0 Å². The predicted molar refractivity (Wildman–Crippen MR) is 71.2 cm³/mol. The van der Waals surface area contributed by atoms with Crippen LogP contribution in [0.5, 0.6) is 0 Å². The average molecular weight is 233 g/mol. The molecule has 1 aromatic carbocycles. The smallest absolute Gasteiger partial charge is 0.0583 e. The number of rotatable bonds is 4. The van der Waals surface area contributed by atoms with Crippen LogP contribution in [0.15, 0.2) is 24.3 Å². The molecule has 1 saturated heterocycles. The molecule has 2 heteroatoms. The van der Waals surface area contributed by atoms with Gasteiger partial charge in [-0.15, -0.1) is 0 Å². The van der Waals surface area contributed by atoms with Gasteiger partial charge in [0, 0.05) is 12.6 Å². The molecule has 1 fully saturated rings. The highest BCUT2D eigenvalue weighted by Crippen LogP contribution is 2.30. The summed E-state index contributed by atoms with van der Waals surface area (Å²) in [6, 6.07) is 8.92. The Morgan fingerprint density at radius 1 is 1.47 bits per heavy atom. The van der Waals surface area contributed by atoms with Gasteiger partial charge in [0.2, 0.25) is 0 Å². The van der Waals surface area contributed by atoms with Gasteiger partial charge in [0.1, 0.15) is 0 Å². The molecule has 0 aromatic heterocycles. The first-order valence-electron chi connectivity index (χ1n) is 6.51. The minimum Gasteiger partial charge on any atom is -0.381 e. The molecule has 1 aliphatic heterocycles. The molecule has 1 aromatic rings. The zero-order valence-electron chi connectivity index (χ0n) is 11.1. The molecular weight excluding hydrogens is 210 g/mol. The van der Waals surface area contributed by atoms with Crippen LogP contribution in [0.25, 0.3) is 0 Å². The van der Waals surface area contributed by atoms with E-state index in [9.17, 15) is 0 Å². The van der Waals surface area contributed by atoms with E-state index in [4.69, 9.17) is 4.74 Å². The Bertz CT molecular complexity index is 369. The maximum absolute atomic E-state index is 5.33. The Morgan fingerprint density at radius 2 is 2.29 bits per heavy atom. The van der Waals surface area contributed by atoms with Crippen molar-refractivity contribution in [3.05, 3.63) is 35.4 Å². The van der Waals surface area contributed by atoms with Gasteiger partial charge in [0.15, 0.2) is 0 Å². The maximum Gasteiger partial charge on any atom is 0.0583 e. The number of hydrogen-bond donors (Lipinski definition) is 1. The molecule has 1 heterocycles. The van der Waals surface area contributed by atoms with Gasteiger partial charge in [-0.25, -0.2) is 0 Å². The number of ether oxygens (including phenoxy) is 1. The van der Waals surface area contributed by atoms with Gasteiger partial charge >= 0.3 is 0 Å². The Balaban J connectivity index is 2.16. The number of methoxy groups -OCH3 is 1. The third-order valence-electron chi connectivity index (χ3n) is 3.86. The van der Waals surface area contributed by atoms with Crippen molar-refractivity contribution in [3.63, 3.8) is 0 Å². The number of hydrogen-bond acceptors (Lipinski definition) is 2. The van der Waals surface area contributed by atoms with Crippen molar-refractivity contribution in [1.82, 2.24) is 5.32 Å². The summed E-state index contributed by atoms with van der Waals surface area (Å²) in [5.74, 6) is 0. The van der Waals surface area contributed by atoms with Crippen molar-refractivity contribution in [2.75, 3.05) is 13.7 Å². The molecule has 2 atom stereocenters. The summed E-state index contributed by atoms with van der Waals surface area (Å²) in [5.41, 5.74) is 2.95. The van der Waals surface area contributed by atoms with E-state index in [1.807, 2.05) is 0 Å². The highest BCUT2D eigenvalue weighted by Gasteiger charge is 2.29. The van der Waals surface area contributed by atoms with Crippen molar-refractivity contribution < 1.29 is 4.74 Å². The van der Waals surface area contributed by atoms with E-state index in [-0.39, 0.29) is 11.6 Å². The standard InChI is InChI=1S/C15H23NO/c1-12(17-3)10-13-6-4-7-14(11-13)15(2)8-5-9-16-15/h4,6-7,11-12,16H,5,8-10H2,1-3H3. The van der Waals surface area contributed by atoms with Gasteiger partial charge in [-0.2, -0.15) is 0 Å². The summed E-state index contributed by atoms with van der Waals surface area (Å²) >= 11 is 0. The average Bonchev–Trinajstić information content (AvgIpc) is 2.78. The molecule has 2 nitrogen and oxygen atoms in total. The second-order valence-electron chi connectivity index (χ2n) is 5.31. The van der Waals surface area contributed by atoms with Crippen molar-refractivity contribution in [2.24, 2.45) is 0 Å². The largest absolute Gasteiger partial charge is 0.381 e. The van der Waals surface area contributed by atoms with Crippen LogP contribution in [0.2, 0.25) is 0 Å². The van der Waals surface area contributed by atoms with E-state index in [1.165, 1.54) is 24.0 Å². The van der Waals surface area contributed by atoms with Crippen LogP contribution in [0.4, 0.5) is 0 Å². The van der Waals surface area contributed by atoms with E-state index in [0.717, 1.165) is 13.0 Å². The van der Waals surface area contributed by atoms with Crippen molar-refractivity contribution in [1.29, 1.82) is 0 Å². The second kappa shape index (κ2) is 5.19. The lowest BCUT2D eigenvalue weighted by Gasteiger charge is -2.25. The van der Waals surface area contributed by atoms with Crippen molar-refractivity contribution in [2.45, 2.75) is 44.8 Å². The van der Waals surface area contributed by atoms with Crippen LogP contribution in [0.1, 0.15) is 37.8 Å². The van der Waals surface area contributed by atoms with Crippen LogP contribution in [-0.4, -0.2) is 19.8 Å². The first-order chi connectivity index (χ1) is 8.14. The van der Waals surface area contributed by atoms with Gasteiger partial charge < -0.3 is 10.1 Å². The molecule has 0 spiro atoms. The Morgan fingerprint density at radius 3 is 2.94 bits per heavy atom. The summed E-state index contributed by atoms with van der Waals surface area (Å²) in [6.07, 6.45) is 3.78. The minimum atomic E-state index is 0.173. The predicted octanol–water partition coefficient (Wildman–Crippen LogP) is 2.86. The van der Waals surface area contributed by atoms with Crippen LogP contribution < -0.4 is 5.32 Å². The van der Waals surface area contributed by atoms with Crippen molar-refractivity contribution in [3.8, 4) is 0 Å². The summed E-state index contributed by atoms with van der Waals surface area (Å²) < 4.78 is 5.33. The molecule has 1 aliphatic rings. The SMILES string of the molecule is COC(C)Cc1cccc(C2(C)CCCN2)c1. The molecular formula is C15H23NO. The van der Waals surface area contributed by atoms with Gasteiger partial charge in [0.05, 0.1) is 6.10 Å². The van der Waals surface area contributed by atoms with E-state index >= 15 is 0 Å². The zero-order chi connectivity index (χ0) is 12.3. The third-order valence-corrected chi connectivity index (χ3v) is 3.86. The Kier molecular flexibility index (Phi) is 3.85. The Labute approximate surface area is 104 Å². The number of nitrogens with one attached hydrogen (secondary N) is 1. The quantitative estimate of drug-likeness (QED) is 0.863. The lowest BCUT2D eigenvalue weighted by atomic mass is 9.89. The van der Waals surface area contributed by atoms with Gasteiger partial charge in [-0.3, -0.25) is 0 Å². The molecule has 0 amide bonds. The third kappa shape index (κ3) is 2.88. The fourth-order valence-corrected chi connectivity index (χ4v) is 2.60. The fraction of sp³-hybridized carbons (Fsp3) is 0.600. The van der Waals surface area contributed by atoms with Gasteiger partial charge in [-0.05, 0) is 50.8 Å². The lowest BCUT2D eigenvalue weighted by molar-refractivity contribution is 0.119. The van der Waals surface area contributed by atoms with E-state index in [0.29, 0.717) is 0 Å². The molecule has 2 rings (SSSR count). The summed E-state index contributed by atoms with van der Waals surface area (Å²) in [5, 5.41) is 3.61. The molecule has 0 aliphatic carbocycles. The second-order valence-corrected chi connectivity index (χ2v) is 5.31. The first-order valence-corrected chi connectivity index (χ1v) is 6.51. The molecule has 17 heavy (non-hydrogen) atoms. The van der Waals surface area contributed by atoms with E-state index in [2.05, 4.69) is 43.4 Å². The van der Waals surface area contributed by atoms with Gasteiger partial charge in [0.25, 0.3) is 0 Å². The van der Waals surface area contributed by atoms with E-state index < -0.39 is 0 Å². The normalized spacial score (nSPS) is 26.1. The monoisotopic (exact) mass is 233 g/mol. The first kappa shape index (κ1) is 12.6. The molecule has 0 radical (unpaired) electrons. The summed E-state index contributed by atoms with van der Waals surface area (Å²) in [7, 11) is 1.77. The molecule has 2 unspecified atom stereocenters. The minimum absolute atomic E-state index is 0.173. The fourth-order valence-electron chi connectivity index (χ4n) is 2.60. The summed E-state index contributed by atoms with van der Waals surface area (Å²) in [6.45, 7) is 5.55.